The molecular weight excluding hydrogens is 239 g/mol. The molecule has 19 heavy (non-hydrogen) atoms. The van der Waals surface area contributed by atoms with Gasteiger partial charge in [-0.2, -0.15) is 0 Å². The van der Waals surface area contributed by atoms with Gasteiger partial charge in [-0.15, -0.1) is 0 Å². The van der Waals surface area contributed by atoms with Crippen molar-refractivity contribution in [3.63, 3.8) is 0 Å². The van der Waals surface area contributed by atoms with Crippen LogP contribution >= 0.6 is 0 Å². The van der Waals surface area contributed by atoms with Gasteiger partial charge in [0.2, 0.25) is 0 Å². The Morgan fingerprint density at radius 1 is 1.11 bits per heavy atom. The van der Waals surface area contributed by atoms with Crippen molar-refractivity contribution in [2.75, 3.05) is 0 Å². The monoisotopic (exact) mass is 256 g/mol. The zero-order valence-electron chi connectivity index (χ0n) is 10.7. The predicted octanol–water partition coefficient (Wildman–Crippen LogP) is 3.98. The summed E-state index contributed by atoms with van der Waals surface area (Å²) in [7, 11) is 0. The zero-order valence-corrected chi connectivity index (χ0v) is 10.7. The van der Waals surface area contributed by atoms with Crippen LogP contribution in [0.3, 0.4) is 0 Å². The van der Waals surface area contributed by atoms with E-state index in [0.29, 0.717) is 12.3 Å². The van der Waals surface area contributed by atoms with Gasteiger partial charge in [0.15, 0.2) is 0 Å². The molecule has 1 saturated carbocycles. The number of aliphatic hydroxyl groups excluding tert-OH is 1. The van der Waals surface area contributed by atoms with Crippen LogP contribution in [0.4, 0.5) is 4.39 Å². The molecule has 1 aliphatic rings. The van der Waals surface area contributed by atoms with Crippen molar-refractivity contribution in [1.82, 2.24) is 0 Å². The average Bonchev–Trinajstić information content (AvgIpc) is 3.23. The standard InChI is InChI=1S/C17H17FO/c18-16-6-1-3-12(9-16)10-17(19)15-5-2-4-14(11-15)13-7-8-13/h1-6,9,11,13,17,19H,7-8,10H2. The topological polar surface area (TPSA) is 20.2 Å². The van der Waals surface area contributed by atoms with E-state index in [1.807, 2.05) is 18.2 Å². The van der Waals surface area contributed by atoms with E-state index < -0.39 is 6.10 Å². The Balaban J connectivity index is 1.76. The predicted molar refractivity (Wildman–Crippen MR) is 73.5 cm³/mol. The fraction of sp³-hybridized carbons (Fsp3) is 0.294. The van der Waals surface area contributed by atoms with Crippen LogP contribution in [-0.4, -0.2) is 5.11 Å². The third-order valence-corrected chi connectivity index (χ3v) is 3.66. The molecular formula is C17H17FO. The Hall–Kier alpha value is -1.67. The van der Waals surface area contributed by atoms with E-state index >= 15 is 0 Å². The Bertz CT molecular complexity index is 575. The summed E-state index contributed by atoms with van der Waals surface area (Å²) in [6, 6.07) is 14.6. The molecule has 3 rings (SSSR count). The summed E-state index contributed by atoms with van der Waals surface area (Å²) in [6.07, 6.45) is 2.39. The number of rotatable bonds is 4. The second kappa shape index (κ2) is 5.14. The van der Waals surface area contributed by atoms with Gasteiger partial charge in [-0.05, 0) is 47.6 Å². The third-order valence-electron chi connectivity index (χ3n) is 3.66. The highest BCUT2D eigenvalue weighted by Crippen LogP contribution is 2.40. The first-order valence-electron chi connectivity index (χ1n) is 6.75. The van der Waals surface area contributed by atoms with E-state index in [9.17, 15) is 9.50 Å². The van der Waals surface area contributed by atoms with Gasteiger partial charge in [0.25, 0.3) is 0 Å². The summed E-state index contributed by atoms with van der Waals surface area (Å²) in [5.74, 6) is 0.428. The van der Waals surface area contributed by atoms with Gasteiger partial charge < -0.3 is 5.11 Å². The number of hydrogen-bond donors (Lipinski definition) is 1. The lowest BCUT2D eigenvalue weighted by Gasteiger charge is -2.12. The maximum Gasteiger partial charge on any atom is 0.123 e. The molecule has 1 N–H and O–H groups in total. The highest BCUT2D eigenvalue weighted by atomic mass is 19.1. The van der Waals surface area contributed by atoms with Crippen molar-refractivity contribution >= 4 is 0 Å². The molecule has 0 heterocycles. The van der Waals surface area contributed by atoms with E-state index in [1.54, 1.807) is 6.07 Å². The molecule has 1 aliphatic carbocycles. The molecule has 0 radical (unpaired) electrons. The van der Waals surface area contributed by atoms with Crippen molar-refractivity contribution in [2.24, 2.45) is 0 Å². The second-order valence-corrected chi connectivity index (χ2v) is 5.29. The quantitative estimate of drug-likeness (QED) is 0.877. The fourth-order valence-electron chi connectivity index (χ4n) is 2.44. The molecule has 0 amide bonds. The summed E-state index contributed by atoms with van der Waals surface area (Å²) in [4.78, 5) is 0. The normalized spacial score (nSPS) is 16.3. The molecule has 0 spiro atoms. The second-order valence-electron chi connectivity index (χ2n) is 5.29. The van der Waals surface area contributed by atoms with E-state index in [2.05, 4.69) is 12.1 Å². The van der Waals surface area contributed by atoms with Crippen molar-refractivity contribution in [1.29, 1.82) is 0 Å². The highest BCUT2D eigenvalue weighted by molar-refractivity contribution is 5.31. The average molecular weight is 256 g/mol. The molecule has 98 valence electrons. The lowest BCUT2D eigenvalue weighted by Crippen LogP contribution is -2.02. The molecule has 1 unspecified atom stereocenters. The summed E-state index contributed by atoms with van der Waals surface area (Å²) in [5.41, 5.74) is 3.06. The lowest BCUT2D eigenvalue weighted by atomic mass is 9.98. The van der Waals surface area contributed by atoms with Gasteiger partial charge in [-0.1, -0.05) is 36.4 Å². The molecule has 2 aromatic carbocycles. The van der Waals surface area contributed by atoms with Crippen LogP contribution in [0.2, 0.25) is 0 Å². The summed E-state index contributed by atoms with van der Waals surface area (Å²) in [5, 5.41) is 10.3. The van der Waals surface area contributed by atoms with Crippen LogP contribution in [-0.2, 0) is 6.42 Å². The van der Waals surface area contributed by atoms with Crippen LogP contribution in [0.15, 0.2) is 48.5 Å². The van der Waals surface area contributed by atoms with Crippen molar-refractivity contribution in [2.45, 2.75) is 31.3 Å². The molecule has 0 aromatic heterocycles. The molecule has 2 aromatic rings. The third kappa shape index (κ3) is 3.02. The van der Waals surface area contributed by atoms with Crippen molar-refractivity contribution in [3.8, 4) is 0 Å². The van der Waals surface area contributed by atoms with Crippen LogP contribution in [0.25, 0.3) is 0 Å². The van der Waals surface area contributed by atoms with Crippen LogP contribution in [0.1, 0.15) is 41.6 Å². The summed E-state index contributed by atoms with van der Waals surface area (Å²) in [6.45, 7) is 0. The molecule has 1 fully saturated rings. The van der Waals surface area contributed by atoms with Gasteiger partial charge in [0.05, 0.1) is 6.10 Å². The maximum absolute atomic E-state index is 13.1. The van der Waals surface area contributed by atoms with E-state index in [1.165, 1.54) is 30.5 Å². The van der Waals surface area contributed by atoms with Gasteiger partial charge in [-0.25, -0.2) is 4.39 Å². The smallest absolute Gasteiger partial charge is 0.123 e. The minimum Gasteiger partial charge on any atom is -0.388 e. The summed E-state index contributed by atoms with van der Waals surface area (Å²) >= 11 is 0. The molecule has 0 saturated heterocycles. The molecule has 1 nitrogen and oxygen atoms in total. The SMILES string of the molecule is OC(Cc1cccc(F)c1)c1cccc(C2CC2)c1. The Labute approximate surface area is 112 Å². The largest absolute Gasteiger partial charge is 0.388 e. The van der Waals surface area contributed by atoms with Gasteiger partial charge >= 0.3 is 0 Å². The van der Waals surface area contributed by atoms with Crippen LogP contribution < -0.4 is 0 Å². The Morgan fingerprint density at radius 2 is 1.89 bits per heavy atom. The first kappa shape index (κ1) is 12.4. The molecule has 2 heteroatoms. The van der Waals surface area contributed by atoms with Gasteiger partial charge in [-0.3, -0.25) is 0 Å². The maximum atomic E-state index is 13.1. The minimum absolute atomic E-state index is 0.253. The molecule has 0 aliphatic heterocycles. The van der Waals surface area contributed by atoms with Crippen LogP contribution in [0, 0.1) is 5.82 Å². The number of benzene rings is 2. The van der Waals surface area contributed by atoms with Gasteiger partial charge in [0, 0.05) is 6.42 Å². The molecule has 0 bridgehead atoms. The number of halogens is 1. The van der Waals surface area contributed by atoms with E-state index in [0.717, 1.165) is 11.1 Å². The number of hydrogen-bond acceptors (Lipinski definition) is 1. The first-order chi connectivity index (χ1) is 9.22. The minimum atomic E-state index is -0.569. The van der Waals surface area contributed by atoms with Crippen molar-refractivity contribution in [3.05, 3.63) is 71.0 Å². The zero-order chi connectivity index (χ0) is 13.2. The fourth-order valence-corrected chi connectivity index (χ4v) is 2.44. The van der Waals surface area contributed by atoms with E-state index in [-0.39, 0.29) is 5.82 Å². The van der Waals surface area contributed by atoms with Crippen LogP contribution in [0.5, 0.6) is 0 Å². The lowest BCUT2D eigenvalue weighted by molar-refractivity contribution is 0.178. The van der Waals surface area contributed by atoms with E-state index in [4.69, 9.17) is 0 Å². The number of aliphatic hydroxyl groups is 1. The first-order valence-corrected chi connectivity index (χ1v) is 6.75. The summed E-state index contributed by atoms with van der Waals surface area (Å²) < 4.78 is 13.1. The Kier molecular flexibility index (Phi) is 3.34. The molecule has 1 atom stereocenters. The van der Waals surface area contributed by atoms with Crippen molar-refractivity contribution < 1.29 is 9.50 Å². The Morgan fingerprint density at radius 3 is 2.63 bits per heavy atom. The highest BCUT2D eigenvalue weighted by Gasteiger charge is 2.24. The van der Waals surface area contributed by atoms with Gasteiger partial charge in [0.1, 0.15) is 5.82 Å².